The highest BCUT2D eigenvalue weighted by molar-refractivity contribution is 8.13. The summed E-state index contributed by atoms with van der Waals surface area (Å²) < 4.78 is 40.9. The summed E-state index contributed by atoms with van der Waals surface area (Å²) in [6.45, 7) is 3.24. The first-order valence-corrected chi connectivity index (χ1v) is 8.76. The van der Waals surface area contributed by atoms with Gasteiger partial charge in [-0.15, -0.1) is 0 Å². The molecule has 1 amide bonds. The second-order valence-electron chi connectivity index (χ2n) is 4.34. The largest absolute Gasteiger partial charge is 0.380 e. The Balaban J connectivity index is 2.60. The van der Waals surface area contributed by atoms with Crippen LogP contribution in [0.25, 0.3) is 0 Å². The fourth-order valence-electron chi connectivity index (χ4n) is 1.52. The predicted molar refractivity (Wildman–Crippen MR) is 77.5 cm³/mol. The zero-order valence-electron chi connectivity index (χ0n) is 11.6. The lowest BCUT2D eigenvalue weighted by molar-refractivity contribution is 0.0912. The van der Waals surface area contributed by atoms with E-state index in [9.17, 15) is 17.6 Å². The van der Waals surface area contributed by atoms with Gasteiger partial charge in [0.25, 0.3) is 15.0 Å². The number of carbonyl (C=O) groups excluding carboxylic acids is 1. The van der Waals surface area contributed by atoms with Crippen molar-refractivity contribution in [3.8, 4) is 0 Å². The molecule has 1 N–H and O–H groups in total. The van der Waals surface area contributed by atoms with E-state index in [1.54, 1.807) is 0 Å². The van der Waals surface area contributed by atoms with E-state index in [0.717, 1.165) is 31.0 Å². The molecule has 0 bridgehead atoms. The van der Waals surface area contributed by atoms with E-state index in [-0.39, 0.29) is 12.1 Å². The number of hydrogen-bond donors (Lipinski definition) is 1. The molecular formula is C13H17ClFNO4S. The van der Waals surface area contributed by atoms with Crippen molar-refractivity contribution in [1.82, 2.24) is 5.32 Å². The van der Waals surface area contributed by atoms with Gasteiger partial charge in [0.2, 0.25) is 0 Å². The van der Waals surface area contributed by atoms with E-state index >= 15 is 0 Å². The van der Waals surface area contributed by atoms with Gasteiger partial charge in [0.1, 0.15) is 5.82 Å². The number of amides is 1. The molecule has 0 aromatic heterocycles. The molecule has 21 heavy (non-hydrogen) atoms. The molecule has 0 aliphatic carbocycles. The average Bonchev–Trinajstić information content (AvgIpc) is 2.40. The zero-order chi connectivity index (χ0) is 15.9. The molecule has 1 aromatic carbocycles. The first-order chi connectivity index (χ1) is 9.84. The molecule has 1 rings (SSSR count). The molecule has 0 fully saturated rings. The van der Waals surface area contributed by atoms with Gasteiger partial charge < -0.3 is 10.1 Å². The molecule has 8 heteroatoms. The Hall–Kier alpha value is -1.18. The third-order valence-corrected chi connectivity index (χ3v) is 3.92. The van der Waals surface area contributed by atoms with Crippen molar-refractivity contribution >= 4 is 25.6 Å². The van der Waals surface area contributed by atoms with Crippen LogP contribution in [0, 0.1) is 5.82 Å². The summed E-state index contributed by atoms with van der Waals surface area (Å²) in [7, 11) is 1.05. The van der Waals surface area contributed by atoms with Crippen molar-refractivity contribution < 1.29 is 22.3 Å². The number of unbranched alkanes of at least 4 members (excludes halogenated alkanes) is 1. The smallest absolute Gasteiger partial charge is 0.261 e. The molecule has 0 atom stereocenters. The summed E-state index contributed by atoms with van der Waals surface area (Å²) >= 11 is 0. The SMILES string of the molecule is CCCCOCCNC(=O)c1cc(F)cc(S(=O)(=O)Cl)c1. The van der Waals surface area contributed by atoms with Crippen LogP contribution < -0.4 is 5.32 Å². The van der Waals surface area contributed by atoms with Gasteiger partial charge in [-0.2, -0.15) is 0 Å². The minimum atomic E-state index is -4.09. The molecule has 5 nitrogen and oxygen atoms in total. The van der Waals surface area contributed by atoms with E-state index in [1.165, 1.54) is 0 Å². The van der Waals surface area contributed by atoms with Crippen molar-refractivity contribution in [1.29, 1.82) is 0 Å². The minimum Gasteiger partial charge on any atom is -0.380 e. The Morgan fingerprint density at radius 3 is 2.67 bits per heavy atom. The monoisotopic (exact) mass is 337 g/mol. The van der Waals surface area contributed by atoms with Gasteiger partial charge in [0.15, 0.2) is 0 Å². The van der Waals surface area contributed by atoms with Crippen molar-refractivity contribution in [2.45, 2.75) is 24.7 Å². The molecule has 0 aliphatic rings. The molecule has 1 aromatic rings. The van der Waals surface area contributed by atoms with Crippen molar-refractivity contribution in [2.24, 2.45) is 0 Å². The fraction of sp³-hybridized carbons (Fsp3) is 0.462. The highest BCUT2D eigenvalue weighted by Gasteiger charge is 2.15. The number of ether oxygens (including phenoxy) is 1. The molecule has 0 unspecified atom stereocenters. The van der Waals surface area contributed by atoms with Gasteiger partial charge in [0.05, 0.1) is 11.5 Å². The van der Waals surface area contributed by atoms with Gasteiger partial charge in [-0.3, -0.25) is 4.79 Å². The van der Waals surface area contributed by atoms with Gasteiger partial charge in [0, 0.05) is 29.4 Å². The van der Waals surface area contributed by atoms with E-state index in [2.05, 4.69) is 5.32 Å². The van der Waals surface area contributed by atoms with Crippen LogP contribution in [-0.4, -0.2) is 34.1 Å². The van der Waals surface area contributed by atoms with Crippen LogP contribution in [0.1, 0.15) is 30.1 Å². The van der Waals surface area contributed by atoms with Crippen molar-refractivity contribution in [3.05, 3.63) is 29.6 Å². The number of hydrogen-bond acceptors (Lipinski definition) is 4. The molecule has 0 heterocycles. The summed E-state index contributed by atoms with van der Waals surface area (Å²) in [5.74, 6) is -1.43. The Kier molecular flexibility index (Phi) is 7.07. The van der Waals surface area contributed by atoms with Crippen LogP contribution in [-0.2, 0) is 13.8 Å². The van der Waals surface area contributed by atoms with Crippen molar-refractivity contribution in [3.63, 3.8) is 0 Å². The topological polar surface area (TPSA) is 72.5 Å². The van der Waals surface area contributed by atoms with E-state index < -0.39 is 25.7 Å². The molecule has 0 spiro atoms. The molecule has 0 aliphatic heterocycles. The summed E-state index contributed by atoms with van der Waals surface area (Å²) in [4.78, 5) is 11.3. The highest BCUT2D eigenvalue weighted by Crippen LogP contribution is 2.18. The molecule has 118 valence electrons. The van der Waals surface area contributed by atoms with Crippen LogP contribution in [0.4, 0.5) is 4.39 Å². The van der Waals surface area contributed by atoms with Crippen LogP contribution in [0.2, 0.25) is 0 Å². The van der Waals surface area contributed by atoms with E-state index in [0.29, 0.717) is 13.2 Å². The summed E-state index contributed by atoms with van der Waals surface area (Å²) in [6.07, 6.45) is 1.96. The average molecular weight is 338 g/mol. The number of rotatable bonds is 8. The number of benzene rings is 1. The fourth-order valence-corrected chi connectivity index (χ4v) is 2.31. The van der Waals surface area contributed by atoms with Gasteiger partial charge in [-0.05, 0) is 24.6 Å². The third-order valence-electron chi connectivity index (χ3n) is 2.59. The molecular weight excluding hydrogens is 321 g/mol. The van der Waals surface area contributed by atoms with Crippen LogP contribution in [0.5, 0.6) is 0 Å². The van der Waals surface area contributed by atoms with E-state index in [1.807, 2.05) is 6.92 Å². The second kappa shape index (κ2) is 8.31. The third kappa shape index (κ3) is 6.41. The Bertz CT molecular complexity index is 592. The lowest BCUT2D eigenvalue weighted by Crippen LogP contribution is -2.27. The van der Waals surface area contributed by atoms with Crippen LogP contribution >= 0.6 is 10.7 Å². The molecule has 0 saturated heterocycles. The van der Waals surface area contributed by atoms with Gasteiger partial charge in [-0.1, -0.05) is 13.3 Å². The summed E-state index contributed by atoms with van der Waals surface area (Å²) in [5.41, 5.74) is -0.109. The maximum atomic E-state index is 13.3. The lowest BCUT2D eigenvalue weighted by Gasteiger charge is -2.07. The zero-order valence-corrected chi connectivity index (χ0v) is 13.1. The quantitative estimate of drug-likeness (QED) is 0.583. The highest BCUT2D eigenvalue weighted by atomic mass is 35.7. The standard InChI is InChI=1S/C13H17ClFNO4S/c1-2-3-5-20-6-4-16-13(17)10-7-11(15)9-12(8-10)21(14,18)19/h7-9H,2-6H2,1H3,(H,16,17). The Morgan fingerprint density at radius 1 is 1.33 bits per heavy atom. The maximum Gasteiger partial charge on any atom is 0.261 e. The molecule has 0 radical (unpaired) electrons. The van der Waals surface area contributed by atoms with Crippen LogP contribution in [0.15, 0.2) is 23.1 Å². The normalized spacial score (nSPS) is 11.4. The first kappa shape index (κ1) is 17.9. The van der Waals surface area contributed by atoms with E-state index in [4.69, 9.17) is 15.4 Å². The first-order valence-electron chi connectivity index (χ1n) is 6.45. The minimum absolute atomic E-state index is 0.109. The number of carbonyl (C=O) groups is 1. The number of halogens is 2. The van der Waals surface area contributed by atoms with Gasteiger partial charge >= 0.3 is 0 Å². The van der Waals surface area contributed by atoms with Gasteiger partial charge in [-0.25, -0.2) is 12.8 Å². The second-order valence-corrected chi connectivity index (χ2v) is 6.90. The Labute approximate surface area is 127 Å². The summed E-state index contributed by atoms with van der Waals surface area (Å²) in [5, 5.41) is 2.51. The Morgan fingerprint density at radius 2 is 2.05 bits per heavy atom. The summed E-state index contributed by atoms with van der Waals surface area (Å²) in [6, 6.07) is 2.73. The van der Waals surface area contributed by atoms with Crippen molar-refractivity contribution in [2.75, 3.05) is 19.8 Å². The lowest BCUT2D eigenvalue weighted by atomic mass is 10.2. The molecule has 0 saturated carbocycles. The number of nitrogens with one attached hydrogen (secondary N) is 1. The predicted octanol–water partition coefficient (Wildman–Crippen LogP) is 2.30. The maximum absolute atomic E-state index is 13.3. The van der Waals surface area contributed by atoms with Crippen LogP contribution in [0.3, 0.4) is 0 Å².